The maximum Gasteiger partial charge on any atom is 0.419 e. The molecule has 0 spiro atoms. The van der Waals surface area contributed by atoms with E-state index >= 15 is 0 Å². The van der Waals surface area contributed by atoms with Gasteiger partial charge in [-0.05, 0) is 19.1 Å². The van der Waals surface area contributed by atoms with Gasteiger partial charge in [0.25, 0.3) is 0 Å². The predicted molar refractivity (Wildman–Crippen MR) is 103 cm³/mol. The van der Waals surface area contributed by atoms with Crippen LogP contribution in [0.2, 0.25) is 0 Å². The second-order valence-electron chi connectivity index (χ2n) is 6.43. The average Bonchev–Trinajstić information content (AvgIpc) is 3.31. The third-order valence-electron chi connectivity index (χ3n) is 4.43. The Kier molecular flexibility index (Phi) is 5.24. The van der Waals surface area contributed by atoms with Crippen molar-refractivity contribution in [3.8, 4) is 15.6 Å². The molecule has 28 heavy (non-hydrogen) atoms. The van der Waals surface area contributed by atoms with Crippen LogP contribution in [0.3, 0.4) is 0 Å². The maximum atomic E-state index is 13.1. The van der Waals surface area contributed by atoms with Crippen LogP contribution < -0.4 is 9.64 Å². The molecule has 0 unspecified atom stereocenters. The van der Waals surface area contributed by atoms with E-state index in [4.69, 9.17) is 4.74 Å². The van der Waals surface area contributed by atoms with Gasteiger partial charge in [-0.3, -0.25) is 0 Å². The summed E-state index contributed by atoms with van der Waals surface area (Å²) in [5.74, 6) is -0.100. The Balaban J connectivity index is 1.39. The number of aromatic nitrogens is 3. The van der Waals surface area contributed by atoms with E-state index < -0.39 is 11.7 Å². The van der Waals surface area contributed by atoms with Gasteiger partial charge < -0.3 is 9.64 Å². The van der Waals surface area contributed by atoms with Gasteiger partial charge >= 0.3 is 6.18 Å². The van der Waals surface area contributed by atoms with Gasteiger partial charge in [-0.1, -0.05) is 34.8 Å². The summed E-state index contributed by atoms with van der Waals surface area (Å²) in [6, 6.07) is 5.37. The number of hydrogen-bond acceptors (Lipinski definition) is 7. The Hall–Kier alpha value is -2.20. The van der Waals surface area contributed by atoms with Crippen molar-refractivity contribution in [2.45, 2.75) is 32.0 Å². The predicted octanol–water partition coefficient (Wildman–Crippen LogP) is 5.04. The molecule has 0 saturated carbocycles. The van der Waals surface area contributed by atoms with Gasteiger partial charge in [-0.25, -0.2) is 4.98 Å². The molecule has 1 fully saturated rings. The first-order valence-corrected chi connectivity index (χ1v) is 10.4. The van der Waals surface area contributed by atoms with Gasteiger partial charge in [-0.15, -0.1) is 10.2 Å². The number of rotatable bonds is 4. The molecule has 1 saturated heterocycles. The van der Waals surface area contributed by atoms with Crippen molar-refractivity contribution >= 4 is 27.8 Å². The molecule has 0 bridgehead atoms. The average molecular weight is 426 g/mol. The molecule has 4 rings (SSSR count). The number of anilines is 1. The number of aryl methyl sites for hydroxylation is 1. The number of thiazole rings is 1. The normalized spacial score (nSPS) is 15.8. The molecular formula is C18H17F3N4OS2. The molecule has 0 radical (unpaired) electrons. The number of alkyl halides is 3. The summed E-state index contributed by atoms with van der Waals surface area (Å²) in [6.07, 6.45) is -1.59. The lowest BCUT2D eigenvalue weighted by atomic mass is 10.1. The van der Waals surface area contributed by atoms with Crippen LogP contribution in [0.5, 0.6) is 5.75 Å². The van der Waals surface area contributed by atoms with Crippen LogP contribution in [0.25, 0.3) is 9.88 Å². The largest absolute Gasteiger partial charge is 0.490 e. The lowest BCUT2D eigenvalue weighted by molar-refractivity contribution is -0.139. The van der Waals surface area contributed by atoms with Gasteiger partial charge in [0.05, 0.1) is 16.6 Å². The topological polar surface area (TPSA) is 51.1 Å². The van der Waals surface area contributed by atoms with Crippen LogP contribution in [0, 0.1) is 6.92 Å². The summed E-state index contributed by atoms with van der Waals surface area (Å²) >= 11 is 3.07. The molecule has 1 aliphatic rings. The molecule has 0 atom stereocenters. The van der Waals surface area contributed by atoms with Gasteiger partial charge in [-0.2, -0.15) is 13.2 Å². The fraction of sp³-hybridized carbons (Fsp3) is 0.389. The zero-order valence-corrected chi connectivity index (χ0v) is 16.6. The first kappa shape index (κ1) is 19.1. The smallest absolute Gasteiger partial charge is 0.419 e. The highest BCUT2D eigenvalue weighted by molar-refractivity contribution is 7.23. The number of ether oxygens (including phenoxy) is 1. The number of piperidine rings is 1. The SMILES string of the molecule is Cc1nnc(-c2cnc(N3CCC(Oc4ccccc4C(F)(F)F)CC3)s2)s1. The summed E-state index contributed by atoms with van der Waals surface area (Å²) in [7, 11) is 0. The van der Waals surface area contributed by atoms with Crippen molar-refractivity contribution in [2.75, 3.05) is 18.0 Å². The lowest BCUT2D eigenvalue weighted by Gasteiger charge is -2.32. The van der Waals surface area contributed by atoms with Gasteiger partial charge in [0.2, 0.25) is 0 Å². The summed E-state index contributed by atoms with van der Waals surface area (Å²) in [4.78, 5) is 7.58. The first-order valence-electron chi connectivity index (χ1n) is 8.74. The molecule has 0 aliphatic carbocycles. The third kappa shape index (κ3) is 4.12. The molecule has 3 aromatic rings. The number of halogens is 3. The maximum absolute atomic E-state index is 13.1. The van der Waals surface area contributed by atoms with E-state index in [0.717, 1.165) is 26.1 Å². The summed E-state index contributed by atoms with van der Waals surface area (Å²) < 4.78 is 45.1. The second kappa shape index (κ2) is 7.67. The number of nitrogens with zero attached hydrogens (tertiary/aromatic N) is 4. The quantitative estimate of drug-likeness (QED) is 0.585. The van der Waals surface area contributed by atoms with Crippen molar-refractivity contribution in [3.05, 3.63) is 41.0 Å². The molecule has 3 heterocycles. The van der Waals surface area contributed by atoms with E-state index in [2.05, 4.69) is 20.1 Å². The van der Waals surface area contributed by atoms with Crippen molar-refractivity contribution in [3.63, 3.8) is 0 Å². The fourth-order valence-corrected chi connectivity index (χ4v) is 4.75. The van der Waals surface area contributed by atoms with Crippen molar-refractivity contribution in [1.29, 1.82) is 0 Å². The first-order chi connectivity index (χ1) is 13.4. The molecule has 1 aromatic carbocycles. The standard InChI is InChI=1S/C18H17F3N4OS2/c1-11-23-24-16(27-11)15-10-22-17(28-15)25-8-6-12(7-9-25)26-14-5-3-2-4-13(14)18(19,20)21/h2-5,10,12H,6-9H2,1H3. The summed E-state index contributed by atoms with van der Waals surface area (Å²) in [6.45, 7) is 3.27. The van der Waals surface area contributed by atoms with Crippen molar-refractivity contribution in [2.24, 2.45) is 0 Å². The van der Waals surface area contributed by atoms with Crippen molar-refractivity contribution < 1.29 is 17.9 Å². The summed E-state index contributed by atoms with van der Waals surface area (Å²) in [5.41, 5.74) is -0.727. The minimum atomic E-state index is -4.42. The van der Waals surface area contributed by atoms with Crippen LogP contribution >= 0.6 is 22.7 Å². The molecular weight excluding hydrogens is 409 g/mol. The van der Waals surface area contributed by atoms with Crippen LogP contribution in [0.1, 0.15) is 23.4 Å². The molecule has 2 aromatic heterocycles. The number of para-hydroxylation sites is 1. The zero-order valence-electron chi connectivity index (χ0n) is 14.9. The Bertz CT molecular complexity index is 948. The van der Waals surface area contributed by atoms with E-state index in [0.29, 0.717) is 25.9 Å². The second-order valence-corrected chi connectivity index (χ2v) is 8.62. The highest BCUT2D eigenvalue weighted by Crippen LogP contribution is 2.38. The van der Waals surface area contributed by atoms with E-state index in [1.165, 1.54) is 23.5 Å². The van der Waals surface area contributed by atoms with E-state index in [-0.39, 0.29) is 11.9 Å². The van der Waals surface area contributed by atoms with Gasteiger partial charge in [0.1, 0.15) is 16.9 Å². The van der Waals surface area contributed by atoms with E-state index in [9.17, 15) is 13.2 Å². The highest BCUT2D eigenvalue weighted by Gasteiger charge is 2.35. The minimum absolute atomic E-state index is 0.100. The molecule has 148 valence electrons. The monoisotopic (exact) mass is 426 g/mol. The molecule has 1 aliphatic heterocycles. The zero-order chi connectivity index (χ0) is 19.7. The molecule has 0 amide bonds. The number of benzene rings is 1. The minimum Gasteiger partial charge on any atom is -0.490 e. The number of hydrogen-bond donors (Lipinski definition) is 0. The van der Waals surface area contributed by atoms with E-state index in [1.54, 1.807) is 23.6 Å². The van der Waals surface area contributed by atoms with Crippen LogP contribution in [-0.2, 0) is 6.18 Å². The Morgan fingerprint density at radius 1 is 1.11 bits per heavy atom. The van der Waals surface area contributed by atoms with Gasteiger partial charge in [0.15, 0.2) is 10.1 Å². The molecule has 10 heteroatoms. The Morgan fingerprint density at radius 3 is 2.54 bits per heavy atom. The summed E-state index contributed by atoms with van der Waals surface area (Å²) in [5, 5.41) is 10.8. The Morgan fingerprint density at radius 2 is 1.86 bits per heavy atom. The van der Waals surface area contributed by atoms with Crippen LogP contribution in [-0.4, -0.2) is 34.4 Å². The van der Waals surface area contributed by atoms with Crippen LogP contribution in [0.15, 0.2) is 30.5 Å². The fourth-order valence-electron chi connectivity index (χ4n) is 3.05. The molecule has 5 nitrogen and oxygen atoms in total. The van der Waals surface area contributed by atoms with E-state index in [1.807, 2.05) is 6.92 Å². The third-order valence-corrected chi connectivity index (χ3v) is 6.49. The molecule has 0 N–H and O–H groups in total. The van der Waals surface area contributed by atoms with Gasteiger partial charge in [0, 0.05) is 25.9 Å². The Labute approximate surface area is 167 Å². The van der Waals surface area contributed by atoms with Crippen LogP contribution in [0.4, 0.5) is 18.3 Å². The highest BCUT2D eigenvalue weighted by atomic mass is 32.1. The van der Waals surface area contributed by atoms with Crippen molar-refractivity contribution in [1.82, 2.24) is 15.2 Å². The lowest BCUT2D eigenvalue weighted by Crippen LogP contribution is -2.38.